The molecule has 1 atom stereocenters. The summed E-state index contributed by atoms with van der Waals surface area (Å²) < 4.78 is 5.18. The number of fused-ring (bicyclic) bond motifs is 1. The van der Waals surface area contributed by atoms with Gasteiger partial charge in [0.25, 0.3) is 0 Å². The summed E-state index contributed by atoms with van der Waals surface area (Å²) in [4.78, 5) is 10.7. The molecule has 100 valence electrons. The van der Waals surface area contributed by atoms with Crippen molar-refractivity contribution in [2.24, 2.45) is 5.73 Å². The summed E-state index contributed by atoms with van der Waals surface area (Å²) in [5.41, 5.74) is 6.59. The molecule has 1 unspecified atom stereocenters. The van der Waals surface area contributed by atoms with E-state index in [1.165, 1.54) is 0 Å². The monoisotopic (exact) mass is 259 g/mol. The van der Waals surface area contributed by atoms with E-state index in [9.17, 15) is 4.79 Å². The summed E-state index contributed by atoms with van der Waals surface area (Å²) in [6, 6.07) is 11.2. The molecule has 0 radical (unpaired) electrons. The van der Waals surface area contributed by atoms with Gasteiger partial charge in [-0.25, -0.2) is 0 Å². The second-order valence-corrected chi connectivity index (χ2v) is 4.53. The van der Waals surface area contributed by atoms with Crippen LogP contribution in [0.4, 0.5) is 0 Å². The van der Waals surface area contributed by atoms with Gasteiger partial charge in [-0.3, -0.25) is 4.79 Å². The Hall–Kier alpha value is -2.07. The molecule has 0 aliphatic rings. The van der Waals surface area contributed by atoms with Crippen LogP contribution in [-0.2, 0) is 11.2 Å². The molecule has 0 aliphatic heterocycles. The number of rotatable bonds is 5. The summed E-state index contributed by atoms with van der Waals surface area (Å²) >= 11 is 0. The Kier molecular flexibility index (Phi) is 4.02. The van der Waals surface area contributed by atoms with Crippen LogP contribution in [0.3, 0.4) is 0 Å². The summed E-state index contributed by atoms with van der Waals surface area (Å²) in [6.07, 6.45) is 1.10. The lowest BCUT2D eigenvalue weighted by Gasteiger charge is -2.08. The molecule has 0 amide bonds. The Morgan fingerprint density at radius 2 is 1.95 bits per heavy atom. The van der Waals surface area contributed by atoms with Gasteiger partial charge < -0.3 is 15.6 Å². The molecule has 4 nitrogen and oxygen atoms in total. The van der Waals surface area contributed by atoms with Crippen molar-refractivity contribution in [2.45, 2.75) is 18.9 Å². The number of methoxy groups -OCH3 is 1. The van der Waals surface area contributed by atoms with Crippen molar-refractivity contribution in [3.05, 3.63) is 42.0 Å². The number of nitrogens with two attached hydrogens (primary N) is 1. The van der Waals surface area contributed by atoms with Crippen molar-refractivity contribution >= 4 is 16.7 Å². The van der Waals surface area contributed by atoms with Crippen LogP contribution < -0.4 is 10.5 Å². The molecule has 0 fully saturated rings. The SMILES string of the molecule is COc1ccc2cc(CCC(N)C(=O)O)ccc2c1. The van der Waals surface area contributed by atoms with Gasteiger partial charge in [0.1, 0.15) is 11.8 Å². The van der Waals surface area contributed by atoms with Gasteiger partial charge in [0.15, 0.2) is 0 Å². The number of benzene rings is 2. The van der Waals surface area contributed by atoms with Crippen LogP contribution in [0.1, 0.15) is 12.0 Å². The van der Waals surface area contributed by atoms with Gasteiger partial charge in [0.05, 0.1) is 7.11 Å². The van der Waals surface area contributed by atoms with Crippen molar-refractivity contribution in [1.82, 2.24) is 0 Å². The fourth-order valence-corrected chi connectivity index (χ4v) is 2.00. The molecule has 3 N–H and O–H groups in total. The van der Waals surface area contributed by atoms with Crippen molar-refractivity contribution in [3.63, 3.8) is 0 Å². The smallest absolute Gasteiger partial charge is 0.320 e. The topological polar surface area (TPSA) is 72.5 Å². The van der Waals surface area contributed by atoms with Crippen molar-refractivity contribution in [3.8, 4) is 5.75 Å². The van der Waals surface area contributed by atoms with E-state index in [1.807, 2.05) is 30.3 Å². The van der Waals surface area contributed by atoms with Crippen LogP contribution in [0.2, 0.25) is 0 Å². The number of carboxylic acids is 1. The summed E-state index contributed by atoms with van der Waals surface area (Å²) in [7, 11) is 1.64. The number of hydrogen-bond acceptors (Lipinski definition) is 3. The molecule has 0 aliphatic carbocycles. The Bertz CT molecular complexity index is 595. The maximum Gasteiger partial charge on any atom is 0.320 e. The largest absolute Gasteiger partial charge is 0.497 e. The van der Waals surface area contributed by atoms with E-state index in [0.717, 1.165) is 22.1 Å². The van der Waals surface area contributed by atoms with Crippen LogP contribution in [0.15, 0.2) is 36.4 Å². The fourth-order valence-electron chi connectivity index (χ4n) is 2.00. The summed E-state index contributed by atoms with van der Waals surface area (Å²) in [5, 5.41) is 11.0. The molecule has 19 heavy (non-hydrogen) atoms. The number of aryl methyl sites for hydroxylation is 1. The van der Waals surface area contributed by atoms with E-state index in [-0.39, 0.29) is 0 Å². The van der Waals surface area contributed by atoms with Crippen LogP contribution in [0.25, 0.3) is 10.8 Å². The maximum absolute atomic E-state index is 10.7. The van der Waals surface area contributed by atoms with Gasteiger partial charge >= 0.3 is 5.97 Å². The first-order chi connectivity index (χ1) is 9.10. The summed E-state index contributed by atoms with van der Waals surface area (Å²) in [5.74, 6) is -0.126. The third-order valence-electron chi connectivity index (χ3n) is 3.17. The first-order valence-corrected chi connectivity index (χ1v) is 6.15. The number of aliphatic carboxylic acids is 1. The quantitative estimate of drug-likeness (QED) is 0.863. The zero-order chi connectivity index (χ0) is 13.8. The molecule has 0 aromatic heterocycles. The Balaban J connectivity index is 2.15. The second-order valence-electron chi connectivity index (χ2n) is 4.53. The maximum atomic E-state index is 10.7. The van der Waals surface area contributed by atoms with Crippen LogP contribution in [0, 0.1) is 0 Å². The van der Waals surface area contributed by atoms with Crippen LogP contribution >= 0.6 is 0 Å². The number of hydrogen-bond donors (Lipinski definition) is 2. The Labute approximate surface area is 111 Å². The summed E-state index contributed by atoms with van der Waals surface area (Å²) in [6.45, 7) is 0. The minimum Gasteiger partial charge on any atom is -0.497 e. The van der Waals surface area contributed by atoms with E-state index in [2.05, 4.69) is 6.07 Å². The first kappa shape index (κ1) is 13.4. The van der Waals surface area contributed by atoms with Gasteiger partial charge in [0, 0.05) is 0 Å². The van der Waals surface area contributed by atoms with Gasteiger partial charge in [-0.05, 0) is 41.3 Å². The van der Waals surface area contributed by atoms with E-state index in [4.69, 9.17) is 15.6 Å². The molecule has 0 heterocycles. The molecule has 0 bridgehead atoms. The van der Waals surface area contributed by atoms with E-state index in [1.54, 1.807) is 7.11 Å². The fraction of sp³-hybridized carbons (Fsp3) is 0.267. The lowest BCUT2D eigenvalue weighted by atomic mass is 10.0. The first-order valence-electron chi connectivity index (χ1n) is 6.15. The van der Waals surface area contributed by atoms with Gasteiger partial charge in [-0.15, -0.1) is 0 Å². The third-order valence-corrected chi connectivity index (χ3v) is 3.17. The predicted molar refractivity (Wildman–Crippen MR) is 74.4 cm³/mol. The highest BCUT2D eigenvalue weighted by molar-refractivity contribution is 5.84. The zero-order valence-electron chi connectivity index (χ0n) is 10.8. The minimum absolute atomic E-state index is 0.441. The van der Waals surface area contributed by atoms with E-state index < -0.39 is 12.0 Å². The van der Waals surface area contributed by atoms with Gasteiger partial charge in [-0.2, -0.15) is 0 Å². The molecule has 0 spiro atoms. The number of ether oxygens (including phenoxy) is 1. The normalized spacial score (nSPS) is 12.3. The Morgan fingerprint density at radius 1 is 1.26 bits per heavy atom. The molecular weight excluding hydrogens is 242 g/mol. The highest BCUT2D eigenvalue weighted by Gasteiger charge is 2.11. The van der Waals surface area contributed by atoms with Gasteiger partial charge in [0.2, 0.25) is 0 Å². The molecule has 4 heteroatoms. The average molecular weight is 259 g/mol. The highest BCUT2D eigenvalue weighted by atomic mass is 16.5. The van der Waals surface area contributed by atoms with Crippen LogP contribution in [0.5, 0.6) is 5.75 Å². The van der Waals surface area contributed by atoms with Crippen molar-refractivity contribution < 1.29 is 14.6 Å². The van der Waals surface area contributed by atoms with Crippen LogP contribution in [-0.4, -0.2) is 24.2 Å². The lowest BCUT2D eigenvalue weighted by molar-refractivity contribution is -0.138. The van der Waals surface area contributed by atoms with Crippen molar-refractivity contribution in [1.29, 1.82) is 0 Å². The Morgan fingerprint density at radius 3 is 2.63 bits per heavy atom. The molecule has 2 aromatic rings. The lowest BCUT2D eigenvalue weighted by Crippen LogP contribution is -2.30. The predicted octanol–water partition coefficient (Wildman–Crippen LogP) is 2.19. The molecule has 2 rings (SSSR count). The molecule has 2 aromatic carbocycles. The highest BCUT2D eigenvalue weighted by Crippen LogP contribution is 2.22. The molecule has 0 saturated heterocycles. The minimum atomic E-state index is -0.953. The van der Waals surface area contributed by atoms with Gasteiger partial charge in [-0.1, -0.05) is 24.3 Å². The second kappa shape index (κ2) is 5.71. The van der Waals surface area contributed by atoms with E-state index in [0.29, 0.717) is 12.8 Å². The molecule has 0 saturated carbocycles. The van der Waals surface area contributed by atoms with Crippen molar-refractivity contribution in [2.75, 3.05) is 7.11 Å². The molecular formula is C15H17NO3. The van der Waals surface area contributed by atoms with E-state index >= 15 is 0 Å². The number of carboxylic acid groups (broad SMARTS) is 1. The zero-order valence-corrected chi connectivity index (χ0v) is 10.8. The third kappa shape index (κ3) is 3.23. The average Bonchev–Trinajstić information content (AvgIpc) is 2.43. The number of carbonyl (C=O) groups is 1. The standard InChI is InChI=1S/C15H17NO3/c1-19-13-6-5-11-8-10(2-4-12(11)9-13)3-7-14(16)15(17)18/h2,4-6,8-9,14H,3,7,16H2,1H3,(H,17,18).